The maximum Gasteiger partial charge on any atom is 0.270 e. The molecule has 10 nitrogen and oxygen atoms in total. The highest BCUT2D eigenvalue weighted by Crippen LogP contribution is 2.32. The van der Waals surface area contributed by atoms with Gasteiger partial charge in [0.15, 0.2) is 5.69 Å². The number of ether oxygens (including phenoxy) is 1. The Morgan fingerprint density at radius 3 is 2.25 bits per heavy atom. The van der Waals surface area contributed by atoms with Crippen molar-refractivity contribution in [2.45, 2.75) is 50.7 Å². The van der Waals surface area contributed by atoms with E-state index >= 15 is 0 Å². The molecular formula is C29H36N6O4S. The number of carbonyl (C=O) groups is 3. The Kier molecular flexibility index (Phi) is 9.26. The van der Waals surface area contributed by atoms with Gasteiger partial charge in [0.05, 0.1) is 12.8 Å². The number of amides is 3. The van der Waals surface area contributed by atoms with E-state index in [0.29, 0.717) is 11.3 Å². The highest BCUT2D eigenvalue weighted by Gasteiger charge is 2.36. The normalized spacial score (nSPS) is 14.3. The van der Waals surface area contributed by atoms with Crippen molar-refractivity contribution in [1.82, 2.24) is 14.6 Å². The zero-order chi connectivity index (χ0) is 28.8. The maximum absolute atomic E-state index is 14.2. The Hall–Kier alpha value is -4.12. The summed E-state index contributed by atoms with van der Waals surface area (Å²) in [6.07, 6.45) is 5.04. The smallest absolute Gasteiger partial charge is 0.270 e. The fourth-order valence-electron chi connectivity index (χ4n) is 4.92. The van der Waals surface area contributed by atoms with E-state index in [2.05, 4.69) is 9.69 Å². The number of carbonyl (C=O) groups excluding carboxylic acids is 3. The zero-order valence-electron chi connectivity index (χ0n) is 23.1. The lowest BCUT2D eigenvalue weighted by Crippen LogP contribution is -2.46. The van der Waals surface area contributed by atoms with Crippen LogP contribution in [-0.4, -0.2) is 54.2 Å². The summed E-state index contributed by atoms with van der Waals surface area (Å²) >= 11 is 0.798. The Labute approximate surface area is 238 Å². The number of nitrogens with zero attached hydrogens (tertiary/aromatic N) is 3. The minimum absolute atomic E-state index is 0.0395. The lowest BCUT2D eigenvalue weighted by Gasteiger charge is -2.33. The van der Waals surface area contributed by atoms with Crippen molar-refractivity contribution in [1.29, 1.82) is 0 Å². The van der Waals surface area contributed by atoms with Gasteiger partial charge in [-0.25, -0.2) is 0 Å². The number of nitrogens with one attached hydrogen (secondary N) is 1. The van der Waals surface area contributed by atoms with Crippen LogP contribution in [0.5, 0.6) is 5.75 Å². The molecule has 1 heterocycles. The molecule has 1 aliphatic carbocycles. The second-order valence-electron chi connectivity index (χ2n) is 10.2. The summed E-state index contributed by atoms with van der Waals surface area (Å²) in [5, 5.41) is 3.20. The molecular weight excluding hydrogens is 528 g/mol. The second kappa shape index (κ2) is 12.8. The SMILES string of the molecule is COc1ccc(CN(C(=O)c2snc(C(N)=O)c2N)C(C(=O)NC2CCCCC2)c2ccc(N(C)C)cc2)cc1. The van der Waals surface area contributed by atoms with Crippen molar-refractivity contribution < 1.29 is 19.1 Å². The molecule has 0 bridgehead atoms. The van der Waals surface area contributed by atoms with Gasteiger partial charge in [-0.1, -0.05) is 43.5 Å². The highest BCUT2D eigenvalue weighted by atomic mass is 32.1. The van der Waals surface area contributed by atoms with Crippen LogP contribution in [0.25, 0.3) is 0 Å². The summed E-state index contributed by atoms with van der Waals surface area (Å²) in [5.74, 6) is -0.936. The molecule has 3 aromatic rings. The summed E-state index contributed by atoms with van der Waals surface area (Å²) in [5.41, 5.74) is 13.7. The first-order valence-electron chi connectivity index (χ1n) is 13.3. The van der Waals surface area contributed by atoms with E-state index in [9.17, 15) is 14.4 Å². The number of anilines is 2. The van der Waals surface area contributed by atoms with Crippen LogP contribution in [0.1, 0.15) is 69.4 Å². The molecule has 1 fully saturated rings. The van der Waals surface area contributed by atoms with Gasteiger partial charge in [-0.3, -0.25) is 14.4 Å². The molecule has 1 atom stereocenters. The molecule has 0 aliphatic heterocycles. The summed E-state index contributed by atoms with van der Waals surface area (Å²) in [6, 6.07) is 13.9. The largest absolute Gasteiger partial charge is 0.497 e. The number of aromatic nitrogens is 1. The van der Waals surface area contributed by atoms with E-state index in [4.69, 9.17) is 16.2 Å². The van der Waals surface area contributed by atoms with Gasteiger partial charge in [-0.2, -0.15) is 4.37 Å². The van der Waals surface area contributed by atoms with Gasteiger partial charge in [0.25, 0.3) is 11.8 Å². The third-order valence-corrected chi connectivity index (χ3v) is 8.02. The van der Waals surface area contributed by atoms with Gasteiger partial charge in [-0.05, 0) is 59.8 Å². The van der Waals surface area contributed by atoms with E-state index in [0.717, 1.165) is 54.9 Å². The minimum Gasteiger partial charge on any atom is -0.497 e. The summed E-state index contributed by atoms with van der Waals surface area (Å²) in [6.45, 7) is 0.101. The van der Waals surface area contributed by atoms with Gasteiger partial charge in [-0.15, -0.1) is 0 Å². The van der Waals surface area contributed by atoms with Crippen LogP contribution in [0, 0.1) is 0 Å². The molecule has 4 rings (SSSR count). The van der Waals surface area contributed by atoms with Gasteiger partial charge in [0, 0.05) is 32.4 Å². The lowest BCUT2D eigenvalue weighted by molar-refractivity contribution is -0.127. The first kappa shape index (κ1) is 28.9. The van der Waals surface area contributed by atoms with Crippen molar-refractivity contribution in [2.24, 2.45) is 5.73 Å². The van der Waals surface area contributed by atoms with Crippen molar-refractivity contribution >= 4 is 40.6 Å². The Morgan fingerprint density at radius 2 is 1.70 bits per heavy atom. The molecule has 2 aromatic carbocycles. The average Bonchev–Trinajstić information content (AvgIpc) is 3.35. The number of hydrogen-bond acceptors (Lipinski definition) is 8. The Balaban J connectivity index is 1.79. The topological polar surface area (TPSA) is 144 Å². The number of methoxy groups -OCH3 is 1. The molecule has 1 saturated carbocycles. The molecule has 1 aliphatic rings. The monoisotopic (exact) mass is 564 g/mol. The standard InChI is InChI=1S/C29H36N6O4S/c1-34(2)21-13-11-19(12-14-21)25(28(37)32-20-7-5-4-6-8-20)35(17-18-9-15-22(39-3)16-10-18)29(38)26-23(30)24(27(31)36)33-40-26/h9-16,20,25H,4-8,17,30H2,1-3H3,(H2,31,36)(H,32,37). The third-order valence-electron chi connectivity index (χ3n) is 7.17. The van der Waals surface area contributed by atoms with Crippen LogP contribution < -0.4 is 26.4 Å². The van der Waals surface area contributed by atoms with Crippen LogP contribution in [0.3, 0.4) is 0 Å². The number of primary amides is 1. The van der Waals surface area contributed by atoms with Gasteiger partial charge >= 0.3 is 0 Å². The van der Waals surface area contributed by atoms with Gasteiger partial charge in [0.2, 0.25) is 5.91 Å². The fraction of sp³-hybridized carbons (Fsp3) is 0.379. The van der Waals surface area contributed by atoms with Crippen LogP contribution in [0.4, 0.5) is 11.4 Å². The van der Waals surface area contributed by atoms with E-state index < -0.39 is 17.9 Å². The third kappa shape index (κ3) is 6.53. The van der Waals surface area contributed by atoms with Crippen LogP contribution >= 0.6 is 11.5 Å². The van der Waals surface area contributed by atoms with E-state index in [1.165, 1.54) is 4.90 Å². The summed E-state index contributed by atoms with van der Waals surface area (Å²) in [7, 11) is 5.45. The molecule has 5 N–H and O–H groups in total. The molecule has 40 heavy (non-hydrogen) atoms. The first-order valence-corrected chi connectivity index (χ1v) is 14.0. The fourth-order valence-corrected chi connectivity index (χ4v) is 5.68. The van der Waals surface area contributed by atoms with Gasteiger partial charge in [0.1, 0.15) is 16.7 Å². The van der Waals surface area contributed by atoms with Gasteiger partial charge < -0.3 is 31.3 Å². The maximum atomic E-state index is 14.2. The highest BCUT2D eigenvalue weighted by molar-refractivity contribution is 7.09. The second-order valence-corrected chi connectivity index (χ2v) is 10.9. The molecule has 11 heteroatoms. The molecule has 0 radical (unpaired) electrons. The molecule has 1 unspecified atom stereocenters. The molecule has 0 saturated heterocycles. The lowest BCUT2D eigenvalue weighted by atomic mass is 9.94. The predicted molar refractivity (Wildman–Crippen MR) is 156 cm³/mol. The van der Waals surface area contributed by atoms with E-state index in [1.807, 2.05) is 55.4 Å². The van der Waals surface area contributed by atoms with Crippen molar-refractivity contribution in [3.05, 3.63) is 70.2 Å². The predicted octanol–water partition coefficient (Wildman–Crippen LogP) is 3.73. The van der Waals surface area contributed by atoms with Crippen molar-refractivity contribution in [3.63, 3.8) is 0 Å². The van der Waals surface area contributed by atoms with Crippen molar-refractivity contribution in [2.75, 3.05) is 31.8 Å². The van der Waals surface area contributed by atoms with Crippen molar-refractivity contribution in [3.8, 4) is 5.75 Å². The summed E-state index contributed by atoms with van der Waals surface area (Å²) < 4.78 is 9.31. The molecule has 3 amide bonds. The first-order chi connectivity index (χ1) is 19.2. The molecule has 0 spiro atoms. The number of nitrogens with two attached hydrogens (primary N) is 2. The quantitative estimate of drug-likeness (QED) is 0.340. The summed E-state index contributed by atoms with van der Waals surface area (Å²) in [4.78, 5) is 43.5. The number of benzene rings is 2. The van der Waals surface area contributed by atoms with Crippen LogP contribution in [0.2, 0.25) is 0 Å². The number of rotatable bonds is 10. The Morgan fingerprint density at radius 1 is 1.05 bits per heavy atom. The average molecular weight is 565 g/mol. The van der Waals surface area contributed by atoms with E-state index in [1.54, 1.807) is 19.2 Å². The van der Waals surface area contributed by atoms with Crippen LogP contribution in [-0.2, 0) is 11.3 Å². The zero-order valence-corrected chi connectivity index (χ0v) is 23.9. The number of nitrogen functional groups attached to an aromatic ring is 1. The molecule has 212 valence electrons. The number of hydrogen-bond donors (Lipinski definition) is 3. The Bertz CT molecular complexity index is 1330. The van der Waals surface area contributed by atoms with E-state index in [-0.39, 0.29) is 34.8 Å². The minimum atomic E-state index is -0.966. The van der Waals surface area contributed by atoms with Crippen LogP contribution in [0.15, 0.2) is 48.5 Å². The molecule has 1 aromatic heterocycles.